The first kappa shape index (κ1) is 12.1. The van der Waals surface area contributed by atoms with Gasteiger partial charge >= 0.3 is 0 Å². The average molecular weight is 261 g/mol. The van der Waals surface area contributed by atoms with E-state index in [0.29, 0.717) is 0 Å². The molecule has 1 saturated heterocycles. The summed E-state index contributed by atoms with van der Waals surface area (Å²) in [6, 6.07) is 8.40. The van der Waals surface area contributed by atoms with E-state index in [1.807, 2.05) is 11.3 Å². The topological polar surface area (TPSA) is 28.2 Å². The van der Waals surface area contributed by atoms with Gasteiger partial charge in [0.05, 0.1) is 15.8 Å². The highest BCUT2D eigenvalue weighted by Gasteiger charge is 2.32. The van der Waals surface area contributed by atoms with Crippen LogP contribution in [-0.4, -0.2) is 36.1 Å². The summed E-state index contributed by atoms with van der Waals surface area (Å²) in [5.74, 6) is 0. The van der Waals surface area contributed by atoms with Gasteiger partial charge in [-0.2, -0.15) is 0 Å². The average Bonchev–Trinajstić information content (AvgIpc) is 2.84. The third-order valence-corrected chi connectivity index (χ3v) is 5.07. The molecule has 0 aliphatic carbocycles. The summed E-state index contributed by atoms with van der Waals surface area (Å²) < 4.78 is 1.29. The van der Waals surface area contributed by atoms with E-state index < -0.39 is 0 Å². The Morgan fingerprint density at radius 3 is 2.67 bits per heavy atom. The molecule has 0 atom stereocenters. The van der Waals surface area contributed by atoms with Crippen molar-refractivity contribution in [1.29, 1.82) is 0 Å². The van der Waals surface area contributed by atoms with Crippen LogP contribution in [0.5, 0.6) is 0 Å². The molecule has 0 spiro atoms. The molecule has 1 aromatic carbocycles. The molecule has 2 aromatic rings. The van der Waals surface area contributed by atoms with Gasteiger partial charge in [0.1, 0.15) is 5.01 Å². The molecule has 2 heterocycles. The number of piperazine rings is 1. The molecule has 0 radical (unpaired) electrons. The number of rotatable bonds is 2. The Balaban J connectivity index is 1.96. The highest BCUT2D eigenvalue weighted by Crippen LogP contribution is 2.34. The zero-order valence-corrected chi connectivity index (χ0v) is 11.8. The molecule has 18 heavy (non-hydrogen) atoms. The number of aromatic nitrogens is 1. The Hall–Kier alpha value is -0.970. The summed E-state index contributed by atoms with van der Waals surface area (Å²) in [4.78, 5) is 7.35. The summed E-state index contributed by atoms with van der Waals surface area (Å²) in [5.41, 5.74) is 1.16. The predicted molar refractivity (Wildman–Crippen MR) is 77.1 cm³/mol. The van der Waals surface area contributed by atoms with Crippen molar-refractivity contribution in [2.45, 2.75) is 19.4 Å². The van der Waals surface area contributed by atoms with Gasteiger partial charge in [-0.1, -0.05) is 12.1 Å². The summed E-state index contributed by atoms with van der Waals surface area (Å²) in [5, 5.41) is 4.63. The Bertz CT molecular complexity index is 508. The number of para-hydroxylation sites is 1. The van der Waals surface area contributed by atoms with E-state index in [4.69, 9.17) is 4.98 Å². The van der Waals surface area contributed by atoms with Crippen molar-refractivity contribution < 1.29 is 0 Å². The van der Waals surface area contributed by atoms with Crippen molar-refractivity contribution in [2.24, 2.45) is 0 Å². The number of hydrogen-bond donors (Lipinski definition) is 1. The van der Waals surface area contributed by atoms with Crippen molar-refractivity contribution in [3.8, 4) is 0 Å². The summed E-state index contributed by atoms with van der Waals surface area (Å²) >= 11 is 1.82. The quantitative estimate of drug-likeness (QED) is 0.900. The molecule has 1 aliphatic heterocycles. The number of nitrogens with one attached hydrogen (secondary N) is 1. The summed E-state index contributed by atoms with van der Waals surface area (Å²) in [7, 11) is 0. The molecule has 3 nitrogen and oxygen atoms in total. The third-order valence-electron chi connectivity index (χ3n) is 3.72. The minimum absolute atomic E-state index is 0.0335. The number of fused-ring (bicyclic) bond motifs is 1. The van der Waals surface area contributed by atoms with Gasteiger partial charge in [0.25, 0.3) is 0 Å². The van der Waals surface area contributed by atoms with E-state index in [1.165, 1.54) is 9.71 Å². The second kappa shape index (κ2) is 4.61. The lowest BCUT2D eigenvalue weighted by Crippen LogP contribution is -2.51. The first-order chi connectivity index (χ1) is 8.68. The van der Waals surface area contributed by atoms with Crippen molar-refractivity contribution in [1.82, 2.24) is 15.2 Å². The molecule has 1 fully saturated rings. The molecule has 1 N–H and O–H groups in total. The number of nitrogens with zero attached hydrogens (tertiary/aromatic N) is 2. The van der Waals surface area contributed by atoms with Gasteiger partial charge in [-0.05, 0) is 26.0 Å². The molecule has 1 aromatic heterocycles. The van der Waals surface area contributed by atoms with Gasteiger partial charge in [0.15, 0.2) is 0 Å². The van der Waals surface area contributed by atoms with Crippen molar-refractivity contribution in [3.63, 3.8) is 0 Å². The van der Waals surface area contributed by atoms with E-state index in [0.717, 1.165) is 31.7 Å². The van der Waals surface area contributed by atoms with Crippen molar-refractivity contribution in [2.75, 3.05) is 26.2 Å². The van der Waals surface area contributed by atoms with Crippen LogP contribution < -0.4 is 5.32 Å². The summed E-state index contributed by atoms with van der Waals surface area (Å²) in [6.45, 7) is 8.93. The lowest BCUT2D eigenvalue weighted by molar-refractivity contribution is 0.102. The fraction of sp³-hybridized carbons (Fsp3) is 0.500. The van der Waals surface area contributed by atoms with Crippen LogP contribution in [0.2, 0.25) is 0 Å². The van der Waals surface area contributed by atoms with Gasteiger partial charge in [-0.25, -0.2) is 4.98 Å². The minimum Gasteiger partial charge on any atom is -0.314 e. The normalized spacial score (nSPS) is 18.3. The molecule has 4 heteroatoms. The number of benzene rings is 1. The van der Waals surface area contributed by atoms with E-state index in [1.54, 1.807) is 0 Å². The van der Waals surface area contributed by atoms with Crippen LogP contribution in [0.4, 0.5) is 0 Å². The maximum atomic E-state index is 4.82. The van der Waals surface area contributed by atoms with E-state index in [2.05, 4.69) is 48.3 Å². The van der Waals surface area contributed by atoms with Crippen LogP contribution in [-0.2, 0) is 5.54 Å². The van der Waals surface area contributed by atoms with Gasteiger partial charge < -0.3 is 5.32 Å². The molecule has 0 saturated carbocycles. The fourth-order valence-electron chi connectivity index (χ4n) is 2.49. The van der Waals surface area contributed by atoms with E-state index >= 15 is 0 Å². The third kappa shape index (κ3) is 2.05. The zero-order chi connectivity index (χ0) is 12.6. The predicted octanol–water partition coefficient (Wildman–Crippen LogP) is 2.44. The number of thiazole rings is 1. The number of hydrogen-bond acceptors (Lipinski definition) is 4. The first-order valence-corrected chi connectivity index (χ1v) is 7.31. The monoisotopic (exact) mass is 261 g/mol. The first-order valence-electron chi connectivity index (χ1n) is 6.50. The van der Waals surface area contributed by atoms with E-state index in [9.17, 15) is 0 Å². The van der Waals surface area contributed by atoms with Crippen molar-refractivity contribution >= 4 is 21.6 Å². The maximum Gasteiger partial charge on any atom is 0.114 e. The Morgan fingerprint density at radius 1 is 1.22 bits per heavy atom. The molecule has 0 unspecified atom stereocenters. The van der Waals surface area contributed by atoms with Crippen LogP contribution in [0.25, 0.3) is 10.2 Å². The van der Waals surface area contributed by atoms with Crippen LogP contribution in [0.1, 0.15) is 18.9 Å². The van der Waals surface area contributed by atoms with Gasteiger partial charge in [-0.15, -0.1) is 11.3 Å². The Kier molecular flexibility index (Phi) is 3.09. The molecule has 0 bridgehead atoms. The molecule has 3 rings (SSSR count). The maximum absolute atomic E-state index is 4.82. The molecule has 0 amide bonds. The Labute approximate surface area is 112 Å². The lowest BCUT2D eigenvalue weighted by Gasteiger charge is -2.39. The van der Waals surface area contributed by atoms with Gasteiger partial charge in [-0.3, -0.25) is 4.90 Å². The van der Waals surface area contributed by atoms with Gasteiger partial charge in [0.2, 0.25) is 0 Å². The summed E-state index contributed by atoms with van der Waals surface area (Å²) in [6.07, 6.45) is 0. The van der Waals surface area contributed by atoms with Crippen LogP contribution >= 0.6 is 11.3 Å². The van der Waals surface area contributed by atoms with Crippen LogP contribution in [0, 0.1) is 0 Å². The van der Waals surface area contributed by atoms with Crippen molar-refractivity contribution in [3.05, 3.63) is 29.3 Å². The smallest absolute Gasteiger partial charge is 0.114 e. The SMILES string of the molecule is CC(C)(c1nc2ccccc2s1)N1CCNCC1. The second-order valence-electron chi connectivity index (χ2n) is 5.28. The molecular formula is C14H19N3S. The lowest BCUT2D eigenvalue weighted by atomic mass is 10.0. The highest BCUT2D eigenvalue weighted by atomic mass is 32.1. The van der Waals surface area contributed by atoms with Crippen LogP contribution in [0.15, 0.2) is 24.3 Å². The molecule has 96 valence electrons. The minimum atomic E-state index is 0.0335. The van der Waals surface area contributed by atoms with E-state index in [-0.39, 0.29) is 5.54 Å². The zero-order valence-electron chi connectivity index (χ0n) is 10.9. The van der Waals surface area contributed by atoms with Crippen LogP contribution in [0.3, 0.4) is 0 Å². The molecular weight excluding hydrogens is 242 g/mol. The largest absolute Gasteiger partial charge is 0.314 e. The van der Waals surface area contributed by atoms with Gasteiger partial charge in [0, 0.05) is 26.2 Å². The second-order valence-corrected chi connectivity index (χ2v) is 6.31. The Morgan fingerprint density at radius 2 is 1.94 bits per heavy atom. The fourth-order valence-corrected chi connectivity index (χ4v) is 3.59. The highest BCUT2D eigenvalue weighted by molar-refractivity contribution is 7.18. The molecule has 1 aliphatic rings. The standard InChI is InChI=1S/C14H19N3S/c1-14(2,17-9-7-15-8-10-17)13-16-11-5-3-4-6-12(11)18-13/h3-6,15H,7-10H2,1-2H3.